The Morgan fingerprint density at radius 1 is 1.30 bits per heavy atom. The highest BCUT2D eigenvalue weighted by atomic mass is 35.5. The van der Waals surface area contributed by atoms with Crippen LogP contribution in [-0.4, -0.2) is 31.1 Å². The Kier molecular flexibility index (Phi) is 4.29. The van der Waals surface area contributed by atoms with Crippen LogP contribution in [0.2, 0.25) is 5.02 Å². The van der Waals surface area contributed by atoms with E-state index in [2.05, 4.69) is 10.2 Å². The Morgan fingerprint density at radius 3 is 2.60 bits per heavy atom. The molecule has 1 aromatic rings. The van der Waals surface area contributed by atoms with Crippen molar-refractivity contribution in [2.24, 2.45) is 5.92 Å². The number of hydrogen-bond donors (Lipinski definition) is 1. The van der Waals surface area contributed by atoms with Gasteiger partial charge in [0.25, 0.3) is 0 Å². The van der Waals surface area contributed by atoms with Crippen LogP contribution in [0.4, 0.5) is 4.39 Å². The maximum absolute atomic E-state index is 14.7. The molecule has 1 saturated heterocycles. The summed E-state index contributed by atoms with van der Waals surface area (Å²) in [6, 6.07) is 3.78. The third-order valence-corrected chi connectivity index (χ3v) is 5.09. The molecule has 1 N–H and O–H groups in total. The van der Waals surface area contributed by atoms with Crippen LogP contribution in [0.15, 0.2) is 12.1 Å². The van der Waals surface area contributed by atoms with Crippen LogP contribution in [0.1, 0.15) is 36.4 Å². The summed E-state index contributed by atoms with van der Waals surface area (Å²) >= 11 is 6.36. The average molecular weight is 297 g/mol. The molecule has 0 aromatic heterocycles. The monoisotopic (exact) mass is 296 g/mol. The van der Waals surface area contributed by atoms with E-state index in [1.165, 1.54) is 19.3 Å². The van der Waals surface area contributed by atoms with E-state index in [1.54, 1.807) is 6.07 Å². The normalized spacial score (nSPS) is 22.6. The zero-order chi connectivity index (χ0) is 14.1. The smallest absolute Gasteiger partial charge is 0.132 e. The van der Waals surface area contributed by atoms with E-state index in [-0.39, 0.29) is 11.9 Å². The number of hydrogen-bond acceptors (Lipinski definition) is 2. The second kappa shape index (κ2) is 6.00. The number of halogens is 2. The maximum atomic E-state index is 14.7. The van der Waals surface area contributed by atoms with Crippen LogP contribution in [0.5, 0.6) is 0 Å². The molecule has 0 radical (unpaired) electrons. The van der Waals surface area contributed by atoms with Crippen molar-refractivity contribution in [1.29, 1.82) is 0 Å². The molecule has 110 valence electrons. The maximum Gasteiger partial charge on any atom is 0.132 e. The van der Waals surface area contributed by atoms with E-state index in [0.29, 0.717) is 16.5 Å². The van der Waals surface area contributed by atoms with E-state index < -0.39 is 0 Å². The molecule has 0 bridgehead atoms. The molecule has 1 saturated carbocycles. The number of rotatable bonds is 3. The van der Waals surface area contributed by atoms with E-state index >= 15 is 0 Å². The van der Waals surface area contributed by atoms with Gasteiger partial charge in [-0.15, -0.1) is 0 Å². The number of piperazine rings is 1. The Balaban J connectivity index is 1.98. The zero-order valence-corrected chi connectivity index (χ0v) is 12.7. The van der Waals surface area contributed by atoms with Crippen molar-refractivity contribution in [2.75, 3.05) is 26.2 Å². The van der Waals surface area contributed by atoms with Gasteiger partial charge in [0.15, 0.2) is 0 Å². The SMILES string of the molecule is Cc1ccc(Cl)c([C@@H](C2CCC2)N2CCNCC2)c1F. The summed E-state index contributed by atoms with van der Waals surface area (Å²) in [4.78, 5) is 2.42. The predicted octanol–water partition coefficient (Wildman–Crippen LogP) is 3.53. The zero-order valence-electron chi connectivity index (χ0n) is 12.0. The molecule has 1 atom stereocenters. The van der Waals surface area contributed by atoms with Crippen LogP contribution >= 0.6 is 11.6 Å². The van der Waals surface area contributed by atoms with Gasteiger partial charge in [0, 0.05) is 42.8 Å². The van der Waals surface area contributed by atoms with E-state index in [1.807, 2.05) is 13.0 Å². The van der Waals surface area contributed by atoms with Crippen LogP contribution < -0.4 is 5.32 Å². The van der Waals surface area contributed by atoms with Crippen molar-refractivity contribution in [2.45, 2.75) is 32.2 Å². The topological polar surface area (TPSA) is 15.3 Å². The van der Waals surface area contributed by atoms with Gasteiger partial charge in [-0.2, -0.15) is 0 Å². The van der Waals surface area contributed by atoms with Crippen molar-refractivity contribution in [3.8, 4) is 0 Å². The molecule has 2 fully saturated rings. The third-order valence-electron chi connectivity index (χ3n) is 4.76. The minimum Gasteiger partial charge on any atom is -0.314 e. The van der Waals surface area contributed by atoms with Crippen LogP contribution in [0.25, 0.3) is 0 Å². The number of nitrogens with one attached hydrogen (secondary N) is 1. The standard InChI is InChI=1S/C16H22ClFN2/c1-11-5-6-13(17)14(15(11)18)16(12-3-2-4-12)20-9-7-19-8-10-20/h5-6,12,16,19H,2-4,7-10H2,1H3/t16-/m1/s1. The Morgan fingerprint density at radius 2 is 2.00 bits per heavy atom. The summed E-state index contributed by atoms with van der Waals surface area (Å²) in [5.41, 5.74) is 1.43. The highest BCUT2D eigenvalue weighted by Gasteiger charge is 2.36. The molecule has 1 aliphatic heterocycles. The summed E-state index contributed by atoms with van der Waals surface area (Å²) < 4.78 is 14.7. The highest BCUT2D eigenvalue weighted by molar-refractivity contribution is 6.31. The first-order chi connectivity index (χ1) is 9.68. The van der Waals surface area contributed by atoms with E-state index in [9.17, 15) is 4.39 Å². The van der Waals surface area contributed by atoms with Gasteiger partial charge in [-0.25, -0.2) is 4.39 Å². The Bertz CT molecular complexity index is 482. The quantitative estimate of drug-likeness (QED) is 0.918. The van der Waals surface area contributed by atoms with Gasteiger partial charge in [0.05, 0.1) is 0 Å². The van der Waals surface area contributed by atoms with Gasteiger partial charge in [0.2, 0.25) is 0 Å². The molecule has 0 unspecified atom stereocenters. The van der Waals surface area contributed by atoms with Gasteiger partial charge < -0.3 is 5.32 Å². The lowest BCUT2D eigenvalue weighted by Gasteiger charge is -2.43. The fourth-order valence-electron chi connectivity index (χ4n) is 3.38. The minimum absolute atomic E-state index is 0.104. The second-order valence-electron chi connectivity index (χ2n) is 6.01. The van der Waals surface area contributed by atoms with Crippen LogP contribution in [-0.2, 0) is 0 Å². The summed E-state index contributed by atoms with van der Waals surface area (Å²) in [6.07, 6.45) is 3.65. The molecule has 0 amide bonds. The van der Waals surface area contributed by atoms with Gasteiger partial charge in [-0.1, -0.05) is 24.1 Å². The van der Waals surface area contributed by atoms with Gasteiger partial charge >= 0.3 is 0 Å². The molecule has 1 aliphatic carbocycles. The van der Waals surface area contributed by atoms with Crippen molar-refractivity contribution in [3.05, 3.63) is 34.1 Å². The molecule has 1 aromatic carbocycles. The summed E-state index contributed by atoms with van der Waals surface area (Å²) in [5, 5.41) is 3.95. The first kappa shape index (κ1) is 14.3. The molecule has 4 heteroatoms. The molecular weight excluding hydrogens is 275 g/mol. The first-order valence-corrected chi connectivity index (χ1v) is 7.95. The van der Waals surface area contributed by atoms with Gasteiger partial charge in [0.1, 0.15) is 5.82 Å². The van der Waals surface area contributed by atoms with Gasteiger partial charge in [-0.3, -0.25) is 4.90 Å². The summed E-state index contributed by atoms with van der Waals surface area (Å²) in [6.45, 7) is 5.74. The third kappa shape index (κ3) is 2.59. The van der Waals surface area contributed by atoms with Crippen molar-refractivity contribution in [3.63, 3.8) is 0 Å². The van der Waals surface area contributed by atoms with Crippen molar-refractivity contribution < 1.29 is 4.39 Å². The lowest BCUT2D eigenvalue weighted by molar-refractivity contribution is 0.0812. The Labute approximate surface area is 125 Å². The lowest BCUT2D eigenvalue weighted by atomic mass is 9.76. The lowest BCUT2D eigenvalue weighted by Crippen LogP contribution is -2.48. The molecule has 20 heavy (non-hydrogen) atoms. The Hall–Kier alpha value is -0.640. The number of nitrogens with zero attached hydrogens (tertiary/aromatic N) is 1. The fourth-order valence-corrected chi connectivity index (χ4v) is 3.64. The molecule has 3 rings (SSSR count). The largest absolute Gasteiger partial charge is 0.314 e. The minimum atomic E-state index is -0.104. The van der Waals surface area contributed by atoms with Crippen LogP contribution in [0.3, 0.4) is 0 Å². The first-order valence-electron chi connectivity index (χ1n) is 7.57. The predicted molar refractivity (Wildman–Crippen MR) is 80.7 cm³/mol. The van der Waals surface area contributed by atoms with Crippen molar-refractivity contribution >= 4 is 11.6 Å². The average Bonchev–Trinajstić information content (AvgIpc) is 2.41. The highest BCUT2D eigenvalue weighted by Crippen LogP contribution is 2.44. The van der Waals surface area contributed by atoms with Crippen LogP contribution in [0, 0.1) is 18.7 Å². The summed E-state index contributed by atoms with van der Waals surface area (Å²) in [7, 11) is 0. The van der Waals surface area contributed by atoms with E-state index in [4.69, 9.17) is 11.6 Å². The second-order valence-corrected chi connectivity index (χ2v) is 6.42. The van der Waals surface area contributed by atoms with Crippen molar-refractivity contribution in [1.82, 2.24) is 10.2 Å². The molecule has 2 nitrogen and oxygen atoms in total. The number of aryl methyl sites for hydroxylation is 1. The van der Waals surface area contributed by atoms with Gasteiger partial charge in [-0.05, 0) is 37.3 Å². The molecule has 0 spiro atoms. The summed E-state index contributed by atoms with van der Waals surface area (Å²) in [5.74, 6) is 0.454. The van der Waals surface area contributed by atoms with E-state index in [0.717, 1.165) is 31.7 Å². The fraction of sp³-hybridized carbons (Fsp3) is 0.625. The number of benzene rings is 1. The molecule has 2 aliphatic rings. The molecular formula is C16H22ClFN2. The molecule has 1 heterocycles.